The third-order valence-corrected chi connectivity index (χ3v) is 4.01. The Morgan fingerprint density at radius 3 is 2.40 bits per heavy atom. The molecule has 0 heterocycles. The lowest BCUT2D eigenvalue weighted by atomic mass is 10.0. The molecule has 30 heavy (non-hydrogen) atoms. The maximum atomic E-state index is 12.3. The van der Waals surface area contributed by atoms with Crippen LogP contribution in [0.1, 0.15) is 46.1 Å². The Bertz CT molecular complexity index is 887. The van der Waals surface area contributed by atoms with Crippen molar-refractivity contribution >= 4 is 23.4 Å². The van der Waals surface area contributed by atoms with Gasteiger partial charge in [-0.3, -0.25) is 10.1 Å². The number of methoxy groups -OCH3 is 1. The van der Waals surface area contributed by atoms with E-state index in [1.165, 1.54) is 7.11 Å². The fourth-order valence-corrected chi connectivity index (χ4v) is 2.61. The van der Waals surface area contributed by atoms with Gasteiger partial charge in [0.1, 0.15) is 17.1 Å². The Balaban J connectivity index is 2.01. The largest absolute Gasteiger partial charge is 0.495 e. The van der Waals surface area contributed by atoms with E-state index >= 15 is 0 Å². The zero-order valence-electron chi connectivity index (χ0n) is 18.4. The van der Waals surface area contributed by atoms with E-state index in [1.54, 1.807) is 39.0 Å². The van der Waals surface area contributed by atoms with Gasteiger partial charge in [-0.15, -0.1) is 0 Å². The minimum atomic E-state index is -0.632. The van der Waals surface area contributed by atoms with Gasteiger partial charge in [0.2, 0.25) is 0 Å². The summed E-state index contributed by atoms with van der Waals surface area (Å²) in [7, 11) is 1.49. The van der Waals surface area contributed by atoms with E-state index in [4.69, 9.17) is 14.2 Å². The minimum Gasteiger partial charge on any atom is -0.495 e. The Morgan fingerprint density at radius 2 is 1.77 bits per heavy atom. The van der Waals surface area contributed by atoms with Crippen molar-refractivity contribution in [1.82, 2.24) is 0 Å². The first-order valence-electron chi connectivity index (χ1n) is 9.78. The van der Waals surface area contributed by atoms with Crippen molar-refractivity contribution in [3.05, 3.63) is 48.0 Å². The molecule has 0 atom stereocenters. The number of hydrogen-bond acceptors (Lipinski definition) is 5. The smallest absolute Gasteiger partial charge is 0.412 e. The molecule has 0 saturated heterocycles. The van der Waals surface area contributed by atoms with Crippen molar-refractivity contribution in [3.8, 4) is 11.5 Å². The third-order valence-electron chi connectivity index (χ3n) is 4.01. The van der Waals surface area contributed by atoms with E-state index in [-0.39, 0.29) is 12.5 Å². The molecule has 0 fully saturated rings. The lowest BCUT2D eigenvalue weighted by molar-refractivity contribution is -0.118. The predicted octanol–water partition coefficient (Wildman–Crippen LogP) is 5.18. The molecule has 7 heteroatoms. The van der Waals surface area contributed by atoms with Gasteiger partial charge in [0.25, 0.3) is 5.91 Å². The van der Waals surface area contributed by atoms with Gasteiger partial charge in [0, 0.05) is 5.69 Å². The molecule has 2 N–H and O–H groups in total. The first-order valence-corrected chi connectivity index (χ1v) is 9.78. The normalized spacial score (nSPS) is 11.0. The number of ether oxygens (including phenoxy) is 3. The van der Waals surface area contributed by atoms with Crippen LogP contribution in [0.2, 0.25) is 0 Å². The Kier molecular flexibility index (Phi) is 7.69. The highest BCUT2D eigenvalue weighted by Gasteiger charge is 2.18. The number of carbonyl (C=O) groups is 2. The molecule has 0 radical (unpaired) electrons. The van der Waals surface area contributed by atoms with Crippen LogP contribution in [0.25, 0.3) is 0 Å². The van der Waals surface area contributed by atoms with E-state index in [9.17, 15) is 9.59 Å². The maximum absolute atomic E-state index is 12.3. The summed E-state index contributed by atoms with van der Waals surface area (Å²) in [4.78, 5) is 24.4. The van der Waals surface area contributed by atoms with Crippen LogP contribution in [0.3, 0.4) is 0 Å². The molecule has 7 nitrogen and oxygen atoms in total. The Morgan fingerprint density at radius 1 is 1.03 bits per heavy atom. The molecular formula is C23H30N2O5. The van der Waals surface area contributed by atoms with Crippen LogP contribution in [0.5, 0.6) is 11.5 Å². The molecule has 0 unspecified atom stereocenters. The van der Waals surface area contributed by atoms with Gasteiger partial charge >= 0.3 is 6.09 Å². The summed E-state index contributed by atoms with van der Waals surface area (Å²) in [6, 6.07) is 12.6. The average Bonchev–Trinajstić information content (AvgIpc) is 2.65. The predicted molar refractivity (Wildman–Crippen MR) is 118 cm³/mol. The fourth-order valence-electron chi connectivity index (χ4n) is 2.61. The summed E-state index contributed by atoms with van der Waals surface area (Å²) in [5.74, 6) is 1.13. The van der Waals surface area contributed by atoms with Gasteiger partial charge in [-0.1, -0.05) is 26.0 Å². The molecule has 0 aliphatic carbocycles. The van der Waals surface area contributed by atoms with Crippen molar-refractivity contribution in [2.24, 2.45) is 0 Å². The van der Waals surface area contributed by atoms with Crippen molar-refractivity contribution < 1.29 is 23.8 Å². The summed E-state index contributed by atoms with van der Waals surface area (Å²) in [6.45, 7) is 9.38. The van der Waals surface area contributed by atoms with Crippen LogP contribution in [-0.4, -0.2) is 31.3 Å². The molecule has 0 aliphatic heterocycles. The molecular weight excluding hydrogens is 384 g/mol. The number of hydrogen-bond donors (Lipinski definition) is 2. The first-order chi connectivity index (χ1) is 14.1. The summed E-state index contributed by atoms with van der Waals surface area (Å²) >= 11 is 0. The van der Waals surface area contributed by atoms with E-state index < -0.39 is 11.7 Å². The van der Waals surface area contributed by atoms with Gasteiger partial charge in [-0.2, -0.15) is 0 Å². The second-order valence-corrected chi connectivity index (χ2v) is 8.11. The Hall–Kier alpha value is -3.22. The number of benzene rings is 2. The highest BCUT2D eigenvalue weighted by Crippen LogP contribution is 2.28. The molecule has 0 spiro atoms. The topological polar surface area (TPSA) is 85.9 Å². The average molecular weight is 415 g/mol. The van der Waals surface area contributed by atoms with Crippen LogP contribution in [0.15, 0.2) is 42.5 Å². The molecule has 2 aromatic carbocycles. The molecule has 2 rings (SSSR count). The van der Waals surface area contributed by atoms with Gasteiger partial charge < -0.3 is 19.5 Å². The number of rotatable bonds is 7. The van der Waals surface area contributed by atoms with Crippen LogP contribution < -0.4 is 20.1 Å². The number of nitrogens with one attached hydrogen (secondary N) is 2. The van der Waals surface area contributed by atoms with Crippen LogP contribution in [0.4, 0.5) is 16.2 Å². The van der Waals surface area contributed by atoms with Crippen molar-refractivity contribution in [1.29, 1.82) is 0 Å². The van der Waals surface area contributed by atoms with E-state index in [2.05, 4.69) is 24.5 Å². The molecule has 2 aromatic rings. The molecule has 0 bridgehead atoms. The summed E-state index contributed by atoms with van der Waals surface area (Å²) in [6.07, 6.45) is -0.613. The quantitative estimate of drug-likeness (QED) is 0.652. The van der Waals surface area contributed by atoms with Gasteiger partial charge in [0.05, 0.1) is 12.8 Å². The molecule has 2 amide bonds. The van der Waals surface area contributed by atoms with Gasteiger partial charge in [-0.25, -0.2) is 4.79 Å². The highest BCUT2D eigenvalue weighted by molar-refractivity contribution is 5.94. The van der Waals surface area contributed by atoms with Crippen LogP contribution in [0, 0.1) is 0 Å². The zero-order chi connectivity index (χ0) is 22.3. The zero-order valence-corrected chi connectivity index (χ0v) is 18.4. The lowest BCUT2D eigenvalue weighted by Crippen LogP contribution is -2.27. The Labute approximate surface area is 177 Å². The number of anilines is 2. The summed E-state index contributed by atoms with van der Waals surface area (Å²) < 4.78 is 16.1. The summed E-state index contributed by atoms with van der Waals surface area (Å²) in [5.41, 5.74) is 1.38. The highest BCUT2D eigenvalue weighted by atomic mass is 16.6. The molecule has 0 aromatic heterocycles. The van der Waals surface area contributed by atoms with Crippen molar-refractivity contribution in [3.63, 3.8) is 0 Å². The summed E-state index contributed by atoms with van der Waals surface area (Å²) in [5, 5.41) is 5.39. The van der Waals surface area contributed by atoms with E-state index in [0.29, 0.717) is 28.8 Å². The van der Waals surface area contributed by atoms with E-state index in [1.807, 2.05) is 24.3 Å². The van der Waals surface area contributed by atoms with E-state index in [0.717, 1.165) is 5.56 Å². The van der Waals surface area contributed by atoms with Crippen LogP contribution in [-0.2, 0) is 9.53 Å². The number of amides is 2. The first kappa shape index (κ1) is 23.1. The fraction of sp³-hybridized carbons (Fsp3) is 0.391. The van der Waals surface area contributed by atoms with Crippen molar-refractivity contribution in [2.45, 2.75) is 46.1 Å². The SMILES string of the molecule is COc1ccc(NC(=O)COc2cccc(C(C)C)c2)cc1NC(=O)OC(C)(C)C. The molecule has 162 valence electrons. The molecule has 0 saturated carbocycles. The lowest BCUT2D eigenvalue weighted by Gasteiger charge is -2.20. The molecule has 0 aliphatic rings. The standard InChI is InChI=1S/C23H30N2O5/c1-15(2)16-8-7-9-18(12-16)29-14-21(26)24-17-10-11-20(28-6)19(13-17)25-22(27)30-23(3,4)5/h7-13,15H,14H2,1-6H3,(H,24,26)(H,25,27). The van der Waals surface area contributed by atoms with Crippen LogP contribution >= 0.6 is 0 Å². The van der Waals surface area contributed by atoms with Gasteiger partial charge in [0.15, 0.2) is 6.61 Å². The van der Waals surface area contributed by atoms with Gasteiger partial charge in [-0.05, 0) is 62.6 Å². The monoisotopic (exact) mass is 414 g/mol. The van der Waals surface area contributed by atoms with Crippen molar-refractivity contribution in [2.75, 3.05) is 24.4 Å². The second kappa shape index (κ2) is 10.0. The second-order valence-electron chi connectivity index (χ2n) is 8.11. The third kappa shape index (κ3) is 7.31. The minimum absolute atomic E-state index is 0.137. The number of carbonyl (C=O) groups excluding carboxylic acids is 2. The maximum Gasteiger partial charge on any atom is 0.412 e.